The third-order valence-corrected chi connectivity index (χ3v) is 6.72. The van der Waals surface area contributed by atoms with Crippen molar-refractivity contribution in [1.29, 1.82) is 0 Å². The number of piperidine rings is 1. The van der Waals surface area contributed by atoms with E-state index in [1.807, 2.05) is 20.8 Å². The fraction of sp³-hybridized carbons (Fsp3) is 0.583. The summed E-state index contributed by atoms with van der Waals surface area (Å²) in [5.41, 5.74) is 5.51. The zero-order valence-corrected chi connectivity index (χ0v) is 20.3. The largest absolute Gasteiger partial charge is 0.416 e. The van der Waals surface area contributed by atoms with E-state index in [4.69, 9.17) is 5.73 Å². The van der Waals surface area contributed by atoms with Crippen molar-refractivity contribution in [2.24, 2.45) is 11.7 Å². The maximum Gasteiger partial charge on any atom is 0.416 e. The van der Waals surface area contributed by atoms with Gasteiger partial charge < -0.3 is 21.1 Å². The minimum atomic E-state index is -4.41. The summed E-state index contributed by atoms with van der Waals surface area (Å²) in [5.74, 6) is -0.632. The van der Waals surface area contributed by atoms with Gasteiger partial charge in [0, 0.05) is 44.2 Å². The number of hydrogen-bond donors (Lipinski definition) is 3. The lowest BCUT2D eigenvalue weighted by Gasteiger charge is -2.44. The molecule has 1 fully saturated rings. The van der Waals surface area contributed by atoms with E-state index in [-0.39, 0.29) is 29.6 Å². The van der Waals surface area contributed by atoms with E-state index in [0.29, 0.717) is 31.7 Å². The number of rotatable bonds is 9. The number of nitrogens with one attached hydrogen (secondary N) is 1. The van der Waals surface area contributed by atoms with Crippen LogP contribution in [0.2, 0.25) is 0 Å². The van der Waals surface area contributed by atoms with E-state index < -0.39 is 23.7 Å². The molecule has 0 spiro atoms. The van der Waals surface area contributed by atoms with Gasteiger partial charge in [0.25, 0.3) is 0 Å². The van der Waals surface area contributed by atoms with Crippen LogP contribution < -0.4 is 16.0 Å². The molecule has 0 aliphatic carbocycles. The Morgan fingerprint density at radius 1 is 1.20 bits per heavy atom. The second kappa shape index (κ2) is 11.0. The molecule has 35 heavy (non-hydrogen) atoms. The first kappa shape index (κ1) is 27.1. The van der Waals surface area contributed by atoms with Gasteiger partial charge >= 0.3 is 6.18 Å². The molecule has 2 atom stereocenters. The van der Waals surface area contributed by atoms with Crippen LogP contribution in [-0.4, -0.2) is 64.3 Å². The summed E-state index contributed by atoms with van der Waals surface area (Å²) in [4.78, 5) is 11.9. The van der Waals surface area contributed by atoms with E-state index >= 15 is 4.39 Å². The highest BCUT2D eigenvalue weighted by Gasteiger charge is 2.34. The molecule has 1 aliphatic rings. The molecule has 1 aliphatic heterocycles. The predicted octanol–water partition coefficient (Wildman–Crippen LogP) is 3.49. The zero-order chi connectivity index (χ0) is 25.8. The van der Waals surface area contributed by atoms with Crippen molar-refractivity contribution in [3.63, 3.8) is 0 Å². The lowest BCUT2D eigenvalue weighted by Crippen LogP contribution is -2.57. The fourth-order valence-corrected chi connectivity index (χ4v) is 4.19. The molecule has 194 valence electrons. The summed E-state index contributed by atoms with van der Waals surface area (Å²) in [6.45, 7) is 8.58. The van der Waals surface area contributed by atoms with Crippen molar-refractivity contribution in [1.82, 2.24) is 14.9 Å². The van der Waals surface area contributed by atoms with E-state index in [9.17, 15) is 18.3 Å². The van der Waals surface area contributed by atoms with Crippen LogP contribution >= 0.6 is 0 Å². The number of alkyl halides is 3. The Balaban J connectivity index is 1.65. The smallest absolute Gasteiger partial charge is 0.391 e. The van der Waals surface area contributed by atoms with Gasteiger partial charge in [0.05, 0.1) is 11.7 Å². The van der Waals surface area contributed by atoms with Gasteiger partial charge in [-0.3, -0.25) is 4.90 Å². The van der Waals surface area contributed by atoms with Gasteiger partial charge in [-0.25, -0.2) is 9.97 Å². The van der Waals surface area contributed by atoms with Crippen molar-refractivity contribution in [3.8, 4) is 0 Å². The molecule has 7 nitrogen and oxygen atoms in total. The van der Waals surface area contributed by atoms with Crippen molar-refractivity contribution < 1.29 is 22.7 Å². The zero-order valence-electron chi connectivity index (χ0n) is 20.3. The van der Waals surface area contributed by atoms with Crippen LogP contribution in [-0.2, 0) is 12.7 Å². The molecule has 2 heterocycles. The number of β-amino-alcohol motifs (C(OH)–C–C–N with tert-alkyl or cyclic N) is 1. The Kier molecular flexibility index (Phi) is 8.55. The molecule has 1 aromatic heterocycles. The third kappa shape index (κ3) is 6.59. The van der Waals surface area contributed by atoms with Gasteiger partial charge in [-0.2, -0.15) is 17.6 Å². The SMILES string of the molecule is CCN(Cc1ccc(C(F)(F)F)cc1)c1ncnc(NC[C@H]2CCN(C(C)(C)CN)C[C@@H]2O)c1F. The minimum absolute atomic E-state index is 0.0257. The summed E-state index contributed by atoms with van der Waals surface area (Å²) >= 11 is 0. The number of nitrogens with two attached hydrogens (primary N) is 1. The lowest BCUT2D eigenvalue weighted by atomic mass is 9.90. The number of aromatic nitrogens is 2. The monoisotopic (exact) mass is 498 g/mol. The Hall–Kier alpha value is -2.50. The first-order chi connectivity index (χ1) is 16.5. The lowest BCUT2D eigenvalue weighted by molar-refractivity contribution is -0.137. The highest BCUT2D eigenvalue weighted by Crippen LogP contribution is 2.30. The Morgan fingerprint density at radius 3 is 2.46 bits per heavy atom. The van der Waals surface area contributed by atoms with Crippen molar-refractivity contribution in [3.05, 3.63) is 47.5 Å². The number of aliphatic hydroxyl groups is 1. The van der Waals surface area contributed by atoms with Crippen LogP contribution in [0.15, 0.2) is 30.6 Å². The van der Waals surface area contributed by atoms with Crippen LogP contribution in [0.5, 0.6) is 0 Å². The fourth-order valence-electron chi connectivity index (χ4n) is 4.19. The van der Waals surface area contributed by atoms with Gasteiger partial charge in [-0.1, -0.05) is 12.1 Å². The average Bonchev–Trinajstić information content (AvgIpc) is 2.82. The maximum atomic E-state index is 15.3. The number of aliphatic hydroxyl groups excluding tert-OH is 1. The molecular weight excluding hydrogens is 464 g/mol. The van der Waals surface area contributed by atoms with Gasteiger partial charge in [-0.05, 0) is 51.4 Å². The molecule has 11 heteroatoms. The quantitative estimate of drug-likeness (QED) is 0.456. The molecule has 0 amide bonds. The molecule has 0 bridgehead atoms. The summed E-state index contributed by atoms with van der Waals surface area (Å²) in [6, 6.07) is 4.78. The maximum absolute atomic E-state index is 15.3. The van der Waals surface area contributed by atoms with Gasteiger partial charge in [0.1, 0.15) is 6.33 Å². The average molecular weight is 499 g/mol. The van der Waals surface area contributed by atoms with Gasteiger partial charge in [-0.15, -0.1) is 0 Å². The van der Waals surface area contributed by atoms with E-state index in [1.165, 1.54) is 18.5 Å². The first-order valence-corrected chi connectivity index (χ1v) is 11.7. The number of likely N-dealkylation sites (tertiary alicyclic amines) is 1. The van der Waals surface area contributed by atoms with Crippen LogP contribution in [0, 0.1) is 11.7 Å². The molecule has 3 rings (SSSR count). The molecule has 2 aromatic rings. The number of halogens is 4. The Morgan fingerprint density at radius 2 is 1.89 bits per heavy atom. The van der Waals surface area contributed by atoms with E-state index in [0.717, 1.165) is 25.1 Å². The van der Waals surface area contributed by atoms with E-state index in [2.05, 4.69) is 20.2 Å². The number of hydrogen-bond acceptors (Lipinski definition) is 7. The Bertz CT molecular complexity index is 969. The number of anilines is 2. The molecular formula is C24H34F4N6O. The van der Waals surface area contributed by atoms with Gasteiger partial charge in [0.2, 0.25) is 5.82 Å². The molecule has 1 saturated heterocycles. The highest BCUT2D eigenvalue weighted by atomic mass is 19.4. The summed E-state index contributed by atoms with van der Waals surface area (Å²) < 4.78 is 53.8. The second-order valence-electron chi connectivity index (χ2n) is 9.53. The van der Waals surface area contributed by atoms with Crippen LogP contribution in [0.25, 0.3) is 0 Å². The number of nitrogens with zero attached hydrogens (tertiary/aromatic N) is 4. The molecule has 4 N–H and O–H groups in total. The molecule has 0 radical (unpaired) electrons. The summed E-state index contributed by atoms with van der Waals surface area (Å²) in [6.07, 6.45) is -3.02. The van der Waals surface area contributed by atoms with Crippen molar-refractivity contribution in [2.45, 2.75) is 51.6 Å². The summed E-state index contributed by atoms with van der Waals surface area (Å²) in [5, 5.41) is 13.6. The normalized spacial score (nSPS) is 19.6. The standard InChI is InChI=1S/C24H34F4N6O/c1-4-33(12-16-5-7-18(8-6-16)24(26,27)28)22-20(25)21(31-15-32-22)30-11-17-9-10-34(13-19(17)35)23(2,3)14-29/h5-8,15,17,19,35H,4,9-14,29H2,1-3H3,(H,30,31,32)/t17-,19+/m1/s1. The topological polar surface area (TPSA) is 90.5 Å². The third-order valence-electron chi connectivity index (χ3n) is 6.72. The highest BCUT2D eigenvalue weighted by molar-refractivity contribution is 5.51. The van der Waals surface area contributed by atoms with Crippen molar-refractivity contribution >= 4 is 11.6 Å². The van der Waals surface area contributed by atoms with Crippen molar-refractivity contribution in [2.75, 3.05) is 42.9 Å². The minimum Gasteiger partial charge on any atom is -0.391 e. The van der Waals surface area contributed by atoms with E-state index in [1.54, 1.807) is 4.90 Å². The van der Waals surface area contributed by atoms with Crippen LogP contribution in [0.3, 0.4) is 0 Å². The second-order valence-corrected chi connectivity index (χ2v) is 9.53. The molecule has 0 unspecified atom stereocenters. The summed E-state index contributed by atoms with van der Waals surface area (Å²) in [7, 11) is 0. The van der Waals surface area contributed by atoms with Crippen LogP contribution in [0.4, 0.5) is 29.2 Å². The Labute approximate surface area is 203 Å². The number of benzene rings is 1. The van der Waals surface area contributed by atoms with Gasteiger partial charge in [0.15, 0.2) is 11.6 Å². The van der Waals surface area contributed by atoms with Crippen LogP contribution in [0.1, 0.15) is 38.3 Å². The molecule has 1 aromatic carbocycles. The predicted molar refractivity (Wildman–Crippen MR) is 127 cm³/mol. The first-order valence-electron chi connectivity index (χ1n) is 11.7. The molecule has 0 saturated carbocycles.